The zero-order valence-corrected chi connectivity index (χ0v) is 11.0. The second kappa shape index (κ2) is 8.21. The molecule has 2 rings (SSSR count). The average molecular weight is 290 g/mol. The third kappa shape index (κ3) is 6.11. The van der Waals surface area contributed by atoms with Gasteiger partial charge >= 0.3 is 11.9 Å². The van der Waals surface area contributed by atoms with Gasteiger partial charge < -0.3 is 20.1 Å². The molecule has 0 bridgehead atoms. The molecule has 3 N–H and O–H groups in total. The predicted molar refractivity (Wildman–Crippen MR) is 74.6 cm³/mol. The van der Waals surface area contributed by atoms with E-state index in [-0.39, 0.29) is 17.9 Å². The van der Waals surface area contributed by atoms with Crippen molar-refractivity contribution < 1.29 is 29.6 Å². The number of benzene rings is 2. The molecule has 0 aliphatic rings. The molecule has 0 heterocycles. The van der Waals surface area contributed by atoms with Crippen LogP contribution in [0.2, 0.25) is 0 Å². The minimum atomic E-state index is -1.11. The molecule has 0 unspecified atom stereocenters. The van der Waals surface area contributed by atoms with Gasteiger partial charge in [0.05, 0.1) is 0 Å². The lowest BCUT2D eigenvalue weighted by Crippen LogP contribution is -2.09. The summed E-state index contributed by atoms with van der Waals surface area (Å²) in [6.45, 7) is -0.288. The van der Waals surface area contributed by atoms with E-state index in [9.17, 15) is 9.59 Å². The van der Waals surface area contributed by atoms with Crippen LogP contribution in [0.1, 0.15) is 10.4 Å². The summed E-state index contributed by atoms with van der Waals surface area (Å²) in [4.78, 5) is 20.3. The van der Waals surface area contributed by atoms with E-state index >= 15 is 0 Å². The van der Waals surface area contributed by atoms with Crippen LogP contribution >= 0.6 is 0 Å². The van der Waals surface area contributed by atoms with Crippen LogP contribution in [0.4, 0.5) is 0 Å². The van der Waals surface area contributed by atoms with Gasteiger partial charge in [0.25, 0.3) is 0 Å². The van der Waals surface area contributed by atoms with Crippen LogP contribution in [-0.4, -0.2) is 33.9 Å². The fraction of sp³-hybridized carbons (Fsp3) is 0.0667. The first-order valence-corrected chi connectivity index (χ1v) is 5.91. The molecule has 0 aliphatic carbocycles. The Labute approximate surface area is 120 Å². The molecule has 21 heavy (non-hydrogen) atoms. The predicted octanol–water partition coefficient (Wildman–Crippen LogP) is 2.24. The van der Waals surface area contributed by atoms with Crippen molar-refractivity contribution in [2.75, 3.05) is 6.61 Å². The number of carboxylic acid groups (broad SMARTS) is 2. The van der Waals surface area contributed by atoms with Crippen molar-refractivity contribution in [1.82, 2.24) is 0 Å². The molecule has 6 nitrogen and oxygen atoms in total. The van der Waals surface area contributed by atoms with Crippen LogP contribution in [-0.2, 0) is 4.79 Å². The van der Waals surface area contributed by atoms with Crippen molar-refractivity contribution in [3.05, 3.63) is 60.2 Å². The zero-order valence-electron chi connectivity index (χ0n) is 11.0. The summed E-state index contributed by atoms with van der Waals surface area (Å²) >= 11 is 0. The Morgan fingerprint density at radius 3 is 1.95 bits per heavy atom. The van der Waals surface area contributed by atoms with Crippen LogP contribution in [0.3, 0.4) is 0 Å². The first-order valence-electron chi connectivity index (χ1n) is 5.91. The highest BCUT2D eigenvalue weighted by Gasteiger charge is 2.05. The van der Waals surface area contributed by atoms with Crippen LogP contribution in [0.25, 0.3) is 0 Å². The summed E-state index contributed by atoms with van der Waals surface area (Å²) in [7, 11) is 0. The monoisotopic (exact) mass is 290 g/mol. The van der Waals surface area contributed by atoms with Gasteiger partial charge in [-0.25, -0.2) is 9.59 Å². The smallest absolute Gasteiger partial charge is 0.341 e. The third-order valence-corrected chi connectivity index (χ3v) is 2.24. The number of para-hydroxylation sites is 2. The maximum absolute atomic E-state index is 10.3. The van der Waals surface area contributed by atoms with Gasteiger partial charge in [-0.15, -0.1) is 0 Å². The lowest BCUT2D eigenvalue weighted by atomic mass is 10.2. The molecule has 2 aromatic rings. The molecule has 2 aromatic carbocycles. The number of ether oxygens (including phenoxy) is 1. The SMILES string of the molecule is O=C(O)COc1ccccc1.O=C(O)c1ccccc1O. The molecular weight excluding hydrogens is 276 g/mol. The molecule has 6 heteroatoms. The van der Waals surface area contributed by atoms with Gasteiger partial charge in [-0.05, 0) is 24.3 Å². The molecule has 0 fully saturated rings. The van der Waals surface area contributed by atoms with E-state index in [0.29, 0.717) is 5.75 Å². The summed E-state index contributed by atoms with van der Waals surface area (Å²) in [6.07, 6.45) is 0. The molecule has 0 saturated heterocycles. The molecule has 0 aliphatic heterocycles. The maximum Gasteiger partial charge on any atom is 0.341 e. The Morgan fingerprint density at radius 1 is 0.905 bits per heavy atom. The number of aromatic hydroxyl groups is 1. The maximum atomic E-state index is 10.3. The number of carbonyl (C=O) groups is 2. The van der Waals surface area contributed by atoms with Crippen molar-refractivity contribution >= 4 is 11.9 Å². The van der Waals surface area contributed by atoms with Crippen LogP contribution in [0.15, 0.2) is 54.6 Å². The molecule has 0 radical (unpaired) electrons. The summed E-state index contributed by atoms with van der Waals surface area (Å²) in [5, 5.41) is 25.6. The average Bonchev–Trinajstić information content (AvgIpc) is 2.47. The van der Waals surface area contributed by atoms with Crippen LogP contribution in [0.5, 0.6) is 11.5 Å². The first kappa shape index (κ1) is 16.0. The molecule has 0 amide bonds. The second-order valence-electron chi connectivity index (χ2n) is 3.82. The summed E-state index contributed by atoms with van der Waals surface area (Å²) in [5.74, 6) is -1.70. The third-order valence-electron chi connectivity index (χ3n) is 2.24. The number of phenols is 1. The van der Waals surface area contributed by atoms with Gasteiger partial charge in [-0.1, -0.05) is 30.3 Å². The van der Waals surface area contributed by atoms with Gasteiger partial charge in [0.1, 0.15) is 17.1 Å². The summed E-state index contributed by atoms with van der Waals surface area (Å²) < 4.78 is 4.87. The van der Waals surface area contributed by atoms with Gasteiger partial charge in [0.2, 0.25) is 0 Å². The van der Waals surface area contributed by atoms with E-state index in [1.807, 2.05) is 6.07 Å². The van der Waals surface area contributed by atoms with E-state index in [1.54, 1.807) is 36.4 Å². The molecule has 0 aromatic heterocycles. The zero-order chi connectivity index (χ0) is 15.7. The van der Waals surface area contributed by atoms with Crippen molar-refractivity contribution in [3.8, 4) is 11.5 Å². The van der Waals surface area contributed by atoms with E-state index in [0.717, 1.165) is 0 Å². The van der Waals surface area contributed by atoms with E-state index in [1.165, 1.54) is 12.1 Å². The lowest BCUT2D eigenvalue weighted by Gasteiger charge is -2.00. The number of carboxylic acids is 2. The molecule has 0 spiro atoms. The standard InChI is InChI=1S/C8H8O3.C7H6O3/c9-8(10)6-11-7-4-2-1-3-5-7;8-6-4-2-1-3-5(6)7(9)10/h1-5H,6H2,(H,9,10);1-4,8H,(H,9,10). The van der Waals surface area contributed by atoms with Crippen molar-refractivity contribution in [2.45, 2.75) is 0 Å². The number of rotatable bonds is 4. The molecule has 0 saturated carbocycles. The number of hydrogen-bond acceptors (Lipinski definition) is 4. The van der Waals surface area contributed by atoms with Crippen molar-refractivity contribution in [1.29, 1.82) is 0 Å². The molecular formula is C15H14O6. The fourth-order valence-corrected chi connectivity index (χ4v) is 1.32. The fourth-order valence-electron chi connectivity index (χ4n) is 1.32. The van der Waals surface area contributed by atoms with E-state index < -0.39 is 11.9 Å². The molecule has 0 atom stereocenters. The van der Waals surface area contributed by atoms with Gasteiger partial charge in [0, 0.05) is 0 Å². The Bertz CT molecular complexity index is 594. The summed E-state index contributed by atoms with van der Waals surface area (Å²) in [5.41, 5.74) is -0.0671. The topological polar surface area (TPSA) is 104 Å². The number of hydrogen-bond donors (Lipinski definition) is 3. The Kier molecular flexibility index (Phi) is 6.27. The van der Waals surface area contributed by atoms with Crippen molar-refractivity contribution in [2.24, 2.45) is 0 Å². The normalized spacial score (nSPS) is 9.14. The minimum absolute atomic E-state index is 0.0671. The number of aromatic carboxylic acids is 1. The van der Waals surface area contributed by atoms with Gasteiger partial charge in [0.15, 0.2) is 6.61 Å². The highest BCUT2D eigenvalue weighted by Crippen LogP contribution is 2.14. The second-order valence-corrected chi connectivity index (χ2v) is 3.82. The lowest BCUT2D eigenvalue weighted by molar-refractivity contribution is -0.139. The van der Waals surface area contributed by atoms with Crippen molar-refractivity contribution in [3.63, 3.8) is 0 Å². The highest BCUT2D eigenvalue weighted by molar-refractivity contribution is 5.90. The van der Waals surface area contributed by atoms with Gasteiger partial charge in [-0.3, -0.25) is 0 Å². The van der Waals surface area contributed by atoms with E-state index in [4.69, 9.17) is 20.1 Å². The molecule has 110 valence electrons. The van der Waals surface area contributed by atoms with Gasteiger partial charge in [-0.2, -0.15) is 0 Å². The van der Waals surface area contributed by atoms with Crippen LogP contribution in [0, 0.1) is 0 Å². The Balaban J connectivity index is 0.000000211. The van der Waals surface area contributed by atoms with Crippen LogP contribution < -0.4 is 4.74 Å². The largest absolute Gasteiger partial charge is 0.507 e. The highest BCUT2D eigenvalue weighted by atomic mass is 16.5. The minimum Gasteiger partial charge on any atom is -0.507 e. The Morgan fingerprint density at radius 2 is 1.48 bits per heavy atom. The first-order chi connectivity index (χ1) is 10.0. The Hall–Kier alpha value is -3.02. The number of aliphatic carboxylic acids is 1. The van der Waals surface area contributed by atoms with E-state index in [2.05, 4.69) is 0 Å². The summed E-state index contributed by atoms with van der Waals surface area (Å²) in [6, 6.07) is 14.7. The quantitative estimate of drug-likeness (QED) is 0.797.